The first-order valence-electron chi connectivity index (χ1n) is 14.7. The van der Waals surface area contributed by atoms with Crippen LogP contribution in [0.5, 0.6) is 0 Å². The molecule has 0 radical (unpaired) electrons. The van der Waals surface area contributed by atoms with Crippen molar-refractivity contribution in [3.8, 4) is 0 Å². The number of fused-ring (bicyclic) bond motifs is 1. The molecule has 0 aliphatic heterocycles. The van der Waals surface area contributed by atoms with Crippen LogP contribution in [0.25, 0.3) is 10.8 Å². The first kappa shape index (κ1) is 27.3. The first-order valence-corrected chi connectivity index (χ1v) is 14.7. The fourth-order valence-electron chi connectivity index (χ4n) is 5.29. The third-order valence-electron chi connectivity index (χ3n) is 7.41. The van der Waals surface area contributed by atoms with Crippen molar-refractivity contribution in [2.75, 3.05) is 5.32 Å². The minimum Gasteiger partial charge on any atom is -0.355 e. The van der Waals surface area contributed by atoms with E-state index in [9.17, 15) is 0 Å². The van der Waals surface area contributed by atoms with Crippen LogP contribution in [-0.4, -0.2) is 0 Å². The predicted octanol–water partition coefficient (Wildman–Crippen LogP) is 11.2. The SMILES string of the molecule is CCCCCCCCCc1cccc(Nc2cccc3ccccc23)c1CCCCCCCCC. The van der Waals surface area contributed by atoms with Crippen LogP contribution in [0.1, 0.15) is 115 Å². The van der Waals surface area contributed by atoms with Gasteiger partial charge in [-0.05, 0) is 54.3 Å². The van der Waals surface area contributed by atoms with E-state index in [1.165, 1.54) is 125 Å². The zero-order valence-electron chi connectivity index (χ0n) is 22.6. The van der Waals surface area contributed by atoms with E-state index in [0.717, 1.165) is 0 Å². The number of unbranched alkanes of at least 4 members (excludes halogenated alkanes) is 12. The Morgan fingerprint density at radius 3 is 1.74 bits per heavy atom. The number of hydrogen-bond donors (Lipinski definition) is 1. The highest BCUT2D eigenvalue weighted by Gasteiger charge is 2.10. The van der Waals surface area contributed by atoms with E-state index in [0.29, 0.717) is 0 Å². The topological polar surface area (TPSA) is 12.0 Å². The molecule has 0 aliphatic carbocycles. The molecule has 1 N–H and O–H groups in total. The molecule has 3 aromatic carbocycles. The van der Waals surface area contributed by atoms with Gasteiger partial charge in [0.2, 0.25) is 0 Å². The van der Waals surface area contributed by atoms with E-state index < -0.39 is 0 Å². The van der Waals surface area contributed by atoms with Crippen molar-refractivity contribution in [2.45, 2.75) is 117 Å². The molecule has 0 saturated carbocycles. The van der Waals surface area contributed by atoms with Gasteiger partial charge < -0.3 is 5.32 Å². The van der Waals surface area contributed by atoms with Crippen molar-refractivity contribution >= 4 is 22.1 Å². The van der Waals surface area contributed by atoms with E-state index in [2.05, 4.69) is 79.8 Å². The minimum absolute atomic E-state index is 1.19. The zero-order chi connectivity index (χ0) is 24.6. The fourth-order valence-corrected chi connectivity index (χ4v) is 5.29. The van der Waals surface area contributed by atoms with Gasteiger partial charge in [-0.15, -0.1) is 0 Å². The molecule has 0 heterocycles. The first-order chi connectivity index (χ1) is 17.3. The van der Waals surface area contributed by atoms with Crippen LogP contribution in [-0.2, 0) is 12.8 Å². The van der Waals surface area contributed by atoms with Crippen LogP contribution in [0.3, 0.4) is 0 Å². The Morgan fingerprint density at radius 1 is 0.486 bits per heavy atom. The molecule has 1 heteroatoms. The van der Waals surface area contributed by atoms with Crippen LogP contribution < -0.4 is 5.32 Å². The van der Waals surface area contributed by atoms with Gasteiger partial charge >= 0.3 is 0 Å². The molecule has 3 rings (SSSR count). The van der Waals surface area contributed by atoms with E-state index in [1.54, 1.807) is 11.1 Å². The highest BCUT2D eigenvalue weighted by Crippen LogP contribution is 2.31. The summed E-state index contributed by atoms with van der Waals surface area (Å²) >= 11 is 0. The minimum atomic E-state index is 1.19. The molecular formula is C34H49N. The van der Waals surface area contributed by atoms with Gasteiger partial charge in [0.1, 0.15) is 0 Å². The summed E-state index contributed by atoms with van der Waals surface area (Å²) in [7, 11) is 0. The normalized spacial score (nSPS) is 11.3. The molecule has 0 aliphatic rings. The van der Waals surface area contributed by atoms with E-state index in [4.69, 9.17) is 0 Å². The van der Waals surface area contributed by atoms with Gasteiger partial charge in [-0.1, -0.05) is 139 Å². The summed E-state index contributed by atoms with van der Waals surface area (Å²) in [4.78, 5) is 0. The maximum absolute atomic E-state index is 3.85. The Balaban J connectivity index is 1.67. The quantitative estimate of drug-likeness (QED) is 0.182. The van der Waals surface area contributed by atoms with Crippen LogP contribution >= 0.6 is 0 Å². The molecule has 0 fully saturated rings. The predicted molar refractivity (Wildman–Crippen MR) is 157 cm³/mol. The Hall–Kier alpha value is -2.28. The lowest BCUT2D eigenvalue weighted by Gasteiger charge is -2.18. The summed E-state index contributed by atoms with van der Waals surface area (Å²) in [5.74, 6) is 0. The lowest BCUT2D eigenvalue weighted by atomic mass is 9.94. The summed E-state index contributed by atoms with van der Waals surface area (Å²) < 4.78 is 0. The van der Waals surface area contributed by atoms with Crippen LogP contribution in [0.4, 0.5) is 11.4 Å². The van der Waals surface area contributed by atoms with E-state index in [1.807, 2.05) is 0 Å². The molecule has 0 bridgehead atoms. The Bertz CT molecular complexity index is 968. The van der Waals surface area contributed by atoms with Gasteiger partial charge in [0.05, 0.1) is 0 Å². The lowest BCUT2D eigenvalue weighted by molar-refractivity contribution is 0.583. The highest BCUT2D eigenvalue weighted by molar-refractivity contribution is 5.95. The second-order valence-electron chi connectivity index (χ2n) is 10.3. The molecule has 190 valence electrons. The van der Waals surface area contributed by atoms with Gasteiger partial charge in [-0.25, -0.2) is 0 Å². The molecule has 0 saturated heterocycles. The summed E-state index contributed by atoms with van der Waals surface area (Å²) in [5.41, 5.74) is 5.65. The number of anilines is 2. The molecule has 35 heavy (non-hydrogen) atoms. The summed E-state index contributed by atoms with van der Waals surface area (Å²) in [6.07, 6.45) is 21.5. The van der Waals surface area contributed by atoms with E-state index >= 15 is 0 Å². The smallest absolute Gasteiger partial charge is 0.0463 e. The third kappa shape index (κ3) is 9.36. The molecule has 0 spiro atoms. The van der Waals surface area contributed by atoms with Gasteiger partial charge in [0, 0.05) is 16.8 Å². The fraction of sp³-hybridized carbons (Fsp3) is 0.529. The van der Waals surface area contributed by atoms with Gasteiger partial charge in [0.15, 0.2) is 0 Å². The average Bonchev–Trinajstić information content (AvgIpc) is 2.89. The number of rotatable bonds is 18. The van der Waals surface area contributed by atoms with Crippen molar-refractivity contribution in [2.24, 2.45) is 0 Å². The molecule has 0 amide bonds. The maximum atomic E-state index is 3.85. The van der Waals surface area contributed by atoms with Crippen molar-refractivity contribution in [1.29, 1.82) is 0 Å². The molecule has 0 aromatic heterocycles. The molecule has 0 unspecified atom stereocenters. The van der Waals surface area contributed by atoms with Crippen LogP contribution in [0, 0.1) is 0 Å². The average molecular weight is 472 g/mol. The van der Waals surface area contributed by atoms with Crippen molar-refractivity contribution in [3.63, 3.8) is 0 Å². The third-order valence-corrected chi connectivity index (χ3v) is 7.41. The number of aryl methyl sites for hydroxylation is 1. The highest BCUT2D eigenvalue weighted by atomic mass is 14.9. The summed E-state index contributed by atoms with van der Waals surface area (Å²) in [5, 5.41) is 6.45. The molecule has 0 atom stereocenters. The Kier molecular flexibility index (Phi) is 12.8. The van der Waals surface area contributed by atoms with Gasteiger partial charge in [-0.3, -0.25) is 0 Å². The van der Waals surface area contributed by atoms with Gasteiger partial charge in [-0.2, -0.15) is 0 Å². The summed E-state index contributed by atoms with van der Waals surface area (Å²) in [6.45, 7) is 4.60. The number of hydrogen-bond acceptors (Lipinski definition) is 1. The monoisotopic (exact) mass is 471 g/mol. The Labute approximate surface area is 215 Å². The van der Waals surface area contributed by atoms with Gasteiger partial charge in [0.25, 0.3) is 0 Å². The number of benzene rings is 3. The molecular weight excluding hydrogens is 422 g/mol. The largest absolute Gasteiger partial charge is 0.355 e. The lowest BCUT2D eigenvalue weighted by Crippen LogP contribution is -2.02. The molecule has 3 aromatic rings. The zero-order valence-corrected chi connectivity index (χ0v) is 22.6. The Morgan fingerprint density at radius 2 is 1.03 bits per heavy atom. The second-order valence-corrected chi connectivity index (χ2v) is 10.3. The standard InChI is InChI=1S/C34H49N/c1-3-5-7-9-11-13-15-21-29-23-19-27-33(31(29)25-16-14-12-10-8-6-4-2)35-34-28-20-24-30-22-17-18-26-32(30)34/h17-20,22-24,26-28,35H,3-16,21,25H2,1-2H3. The second kappa shape index (κ2) is 16.4. The van der Waals surface area contributed by atoms with Crippen LogP contribution in [0.15, 0.2) is 60.7 Å². The van der Waals surface area contributed by atoms with Crippen molar-refractivity contribution in [1.82, 2.24) is 0 Å². The van der Waals surface area contributed by atoms with Crippen LogP contribution in [0.2, 0.25) is 0 Å². The van der Waals surface area contributed by atoms with Crippen molar-refractivity contribution < 1.29 is 0 Å². The van der Waals surface area contributed by atoms with Crippen molar-refractivity contribution in [3.05, 3.63) is 71.8 Å². The maximum Gasteiger partial charge on any atom is 0.0463 e. The number of nitrogens with one attached hydrogen (secondary N) is 1. The van der Waals surface area contributed by atoms with E-state index in [-0.39, 0.29) is 0 Å². The summed E-state index contributed by atoms with van der Waals surface area (Å²) in [6, 6.07) is 22.3. The molecule has 1 nitrogen and oxygen atoms in total.